The maximum Gasteiger partial charge on any atom is 0.0613 e. The van der Waals surface area contributed by atoms with E-state index in [0.29, 0.717) is 25.2 Å². The van der Waals surface area contributed by atoms with Crippen molar-refractivity contribution in [2.45, 2.75) is 63.7 Å². The van der Waals surface area contributed by atoms with Gasteiger partial charge < -0.3 is 15.6 Å². The predicted molar refractivity (Wildman–Crippen MR) is 57.1 cm³/mol. The van der Waals surface area contributed by atoms with Crippen molar-refractivity contribution in [2.24, 2.45) is 5.73 Å². The molecule has 1 saturated carbocycles. The molecule has 84 valence electrons. The summed E-state index contributed by atoms with van der Waals surface area (Å²) in [5.41, 5.74) is 5.24. The lowest BCUT2D eigenvalue weighted by Gasteiger charge is -2.27. The topological polar surface area (TPSA) is 55.5 Å². The second kappa shape index (κ2) is 5.10. The lowest BCUT2D eigenvalue weighted by Crippen LogP contribution is -2.33. The average molecular weight is 201 g/mol. The zero-order valence-electron chi connectivity index (χ0n) is 9.33. The third kappa shape index (κ3) is 4.94. The van der Waals surface area contributed by atoms with Crippen LogP contribution in [0.2, 0.25) is 0 Å². The summed E-state index contributed by atoms with van der Waals surface area (Å²) in [4.78, 5) is 0. The molecule has 0 aliphatic heterocycles. The van der Waals surface area contributed by atoms with Crippen LogP contribution in [0, 0.1) is 0 Å². The maximum atomic E-state index is 9.49. The highest BCUT2D eigenvalue weighted by atomic mass is 16.5. The van der Waals surface area contributed by atoms with Crippen molar-refractivity contribution in [3.05, 3.63) is 0 Å². The molecule has 3 heteroatoms. The molecule has 0 saturated heterocycles. The molecule has 1 fully saturated rings. The number of ether oxygens (including phenoxy) is 1. The van der Waals surface area contributed by atoms with Gasteiger partial charge in [-0.2, -0.15) is 0 Å². The summed E-state index contributed by atoms with van der Waals surface area (Å²) >= 11 is 0. The van der Waals surface area contributed by atoms with E-state index in [-0.39, 0.29) is 0 Å². The third-order valence-corrected chi connectivity index (χ3v) is 2.73. The zero-order chi connectivity index (χ0) is 10.6. The summed E-state index contributed by atoms with van der Waals surface area (Å²) in [6, 6.07) is 0.316. The van der Waals surface area contributed by atoms with E-state index in [1.54, 1.807) is 0 Å². The highest BCUT2D eigenvalue weighted by Gasteiger charge is 2.20. The van der Waals surface area contributed by atoms with Crippen molar-refractivity contribution in [1.29, 1.82) is 0 Å². The molecular weight excluding hydrogens is 178 g/mol. The van der Waals surface area contributed by atoms with Crippen LogP contribution < -0.4 is 5.73 Å². The molecule has 0 amide bonds. The van der Waals surface area contributed by atoms with E-state index < -0.39 is 5.60 Å². The van der Waals surface area contributed by atoms with Gasteiger partial charge in [-0.25, -0.2) is 0 Å². The Morgan fingerprint density at radius 3 is 2.71 bits per heavy atom. The number of hydrogen-bond donors (Lipinski definition) is 2. The summed E-state index contributed by atoms with van der Waals surface area (Å²) in [7, 11) is 0. The van der Waals surface area contributed by atoms with Gasteiger partial charge >= 0.3 is 0 Å². The Bertz CT molecular complexity index is 165. The molecule has 14 heavy (non-hydrogen) atoms. The van der Waals surface area contributed by atoms with Gasteiger partial charge in [0.25, 0.3) is 0 Å². The van der Waals surface area contributed by atoms with Gasteiger partial charge in [0, 0.05) is 12.6 Å². The van der Waals surface area contributed by atoms with Crippen LogP contribution >= 0.6 is 0 Å². The SMILES string of the molecule is CC(C)(O)CCOC1CCCC(N)C1. The monoisotopic (exact) mass is 201 g/mol. The van der Waals surface area contributed by atoms with Gasteiger partial charge in [-0.05, 0) is 46.0 Å². The Hall–Kier alpha value is -0.120. The number of aliphatic hydroxyl groups is 1. The van der Waals surface area contributed by atoms with Crippen molar-refractivity contribution in [3.63, 3.8) is 0 Å². The van der Waals surface area contributed by atoms with E-state index in [0.717, 1.165) is 19.3 Å². The molecule has 1 rings (SSSR count). The van der Waals surface area contributed by atoms with Crippen LogP contribution in [0.15, 0.2) is 0 Å². The molecule has 0 bridgehead atoms. The molecule has 3 N–H and O–H groups in total. The number of nitrogens with two attached hydrogens (primary N) is 1. The largest absolute Gasteiger partial charge is 0.390 e. The van der Waals surface area contributed by atoms with Crippen LogP contribution in [-0.4, -0.2) is 29.5 Å². The van der Waals surface area contributed by atoms with E-state index >= 15 is 0 Å². The van der Waals surface area contributed by atoms with E-state index in [9.17, 15) is 5.11 Å². The first-order valence-electron chi connectivity index (χ1n) is 5.57. The summed E-state index contributed by atoms with van der Waals surface area (Å²) in [6.45, 7) is 4.26. The second-order valence-corrected chi connectivity index (χ2v) is 4.98. The highest BCUT2D eigenvalue weighted by Crippen LogP contribution is 2.20. The Morgan fingerprint density at radius 1 is 1.43 bits per heavy atom. The summed E-state index contributed by atoms with van der Waals surface area (Å²) < 4.78 is 5.69. The first-order valence-corrected chi connectivity index (χ1v) is 5.57. The molecule has 0 aromatic rings. The zero-order valence-corrected chi connectivity index (χ0v) is 9.33. The van der Waals surface area contributed by atoms with Gasteiger partial charge in [-0.15, -0.1) is 0 Å². The molecule has 2 atom stereocenters. The maximum absolute atomic E-state index is 9.49. The van der Waals surface area contributed by atoms with Crippen LogP contribution in [0.1, 0.15) is 46.0 Å². The Balaban J connectivity index is 2.12. The van der Waals surface area contributed by atoms with Crippen molar-refractivity contribution in [1.82, 2.24) is 0 Å². The smallest absolute Gasteiger partial charge is 0.0613 e. The van der Waals surface area contributed by atoms with Gasteiger partial charge in [-0.1, -0.05) is 0 Å². The first-order chi connectivity index (χ1) is 6.47. The number of rotatable bonds is 4. The minimum Gasteiger partial charge on any atom is -0.390 e. The second-order valence-electron chi connectivity index (χ2n) is 4.98. The molecule has 3 nitrogen and oxygen atoms in total. The fourth-order valence-corrected chi connectivity index (χ4v) is 1.81. The normalized spacial score (nSPS) is 29.1. The third-order valence-electron chi connectivity index (χ3n) is 2.73. The molecule has 0 heterocycles. The first kappa shape index (κ1) is 12.0. The standard InChI is InChI=1S/C11H23NO2/c1-11(2,13)6-7-14-10-5-3-4-9(12)8-10/h9-10,13H,3-8,12H2,1-2H3. The van der Waals surface area contributed by atoms with E-state index in [1.165, 1.54) is 6.42 Å². The van der Waals surface area contributed by atoms with Crippen molar-refractivity contribution in [2.75, 3.05) is 6.61 Å². The van der Waals surface area contributed by atoms with Gasteiger partial charge in [0.1, 0.15) is 0 Å². The summed E-state index contributed by atoms with van der Waals surface area (Å²) in [5, 5.41) is 9.49. The molecule has 1 aliphatic rings. The quantitative estimate of drug-likeness (QED) is 0.723. The minimum absolute atomic E-state index is 0.316. The van der Waals surface area contributed by atoms with E-state index in [2.05, 4.69) is 0 Å². The fourth-order valence-electron chi connectivity index (χ4n) is 1.81. The van der Waals surface area contributed by atoms with Crippen LogP contribution in [0.3, 0.4) is 0 Å². The average Bonchev–Trinajstić information content (AvgIpc) is 2.01. The molecule has 0 radical (unpaired) electrons. The molecule has 0 aromatic carbocycles. The van der Waals surface area contributed by atoms with Crippen LogP contribution in [-0.2, 0) is 4.74 Å². The lowest BCUT2D eigenvalue weighted by atomic mass is 9.93. The summed E-state index contributed by atoms with van der Waals surface area (Å²) in [5.74, 6) is 0. The molecule has 0 aromatic heterocycles. The van der Waals surface area contributed by atoms with E-state index in [1.807, 2.05) is 13.8 Å². The van der Waals surface area contributed by atoms with Crippen LogP contribution in [0.25, 0.3) is 0 Å². The fraction of sp³-hybridized carbons (Fsp3) is 1.00. The molecule has 0 spiro atoms. The van der Waals surface area contributed by atoms with Crippen molar-refractivity contribution >= 4 is 0 Å². The van der Waals surface area contributed by atoms with Gasteiger partial charge in [0.05, 0.1) is 11.7 Å². The van der Waals surface area contributed by atoms with Crippen molar-refractivity contribution < 1.29 is 9.84 Å². The Morgan fingerprint density at radius 2 is 2.14 bits per heavy atom. The van der Waals surface area contributed by atoms with Gasteiger partial charge in [0.15, 0.2) is 0 Å². The van der Waals surface area contributed by atoms with Crippen molar-refractivity contribution in [3.8, 4) is 0 Å². The van der Waals surface area contributed by atoms with Crippen LogP contribution in [0.5, 0.6) is 0 Å². The van der Waals surface area contributed by atoms with Gasteiger partial charge in [0.2, 0.25) is 0 Å². The lowest BCUT2D eigenvalue weighted by molar-refractivity contribution is -0.0161. The Kier molecular flexibility index (Phi) is 4.35. The van der Waals surface area contributed by atoms with E-state index in [4.69, 9.17) is 10.5 Å². The predicted octanol–water partition coefficient (Wildman–Crippen LogP) is 1.43. The highest BCUT2D eigenvalue weighted by molar-refractivity contribution is 4.75. The van der Waals surface area contributed by atoms with Gasteiger partial charge in [-0.3, -0.25) is 0 Å². The molecule has 2 unspecified atom stereocenters. The number of hydrogen-bond acceptors (Lipinski definition) is 3. The molecule has 1 aliphatic carbocycles. The molecular formula is C11H23NO2. The Labute approximate surface area is 86.6 Å². The minimum atomic E-state index is -0.614. The summed E-state index contributed by atoms with van der Waals surface area (Å²) in [6.07, 6.45) is 5.42. The van der Waals surface area contributed by atoms with Crippen LogP contribution in [0.4, 0.5) is 0 Å².